The van der Waals surface area contributed by atoms with Crippen LogP contribution in [0.5, 0.6) is 0 Å². The molecule has 0 aromatic carbocycles. The Morgan fingerprint density at radius 2 is 1.36 bits per heavy atom. The number of hydrogen-bond donors (Lipinski definition) is 0. The SMILES string of the molecule is CC1OC(=O)C(C)OC1=O.[Ba+2].[H-].[H-]. The van der Waals surface area contributed by atoms with Crippen molar-refractivity contribution in [3.63, 3.8) is 0 Å². The van der Waals surface area contributed by atoms with Crippen LogP contribution in [0.1, 0.15) is 16.7 Å². The number of ether oxygens (including phenoxy) is 2. The minimum atomic E-state index is -0.747. The predicted molar refractivity (Wildman–Crippen MR) is 39.1 cm³/mol. The zero-order valence-corrected chi connectivity index (χ0v) is 10.9. The van der Waals surface area contributed by atoms with Gasteiger partial charge in [0.25, 0.3) is 0 Å². The second-order valence-electron chi connectivity index (χ2n) is 2.16. The van der Waals surface area contributed by atoms with Crippen molar-refractivity contribution in [1.82, 2.24) is 0 Å². The van der Waals surface area contributed by atoms with Crippen LogP contribution in [-0.2, 0) is 19.1 Å². The van der Waals surface area contributed by atoms with Crippen molar-refractivity contribution in [1.29, 1.82) is 0 Å². The minimum Gasteiger partial charge on any atom is -1.00 e. The maximum absolute atomic E-state index is 10.7. The van der Waals surface area contributed by atoms with Gasteiger partial charge in [0.15, 0.2) is 12.2 Å². The molecule has 0 aromatic heterocycles. The van der Waals surface area contributed by atoms with Crippen molar-refractivity contribution >= 4 is 60.8 Å². The van der Waals surface area contributed by atoms with Crippen LogP contribution in [-0.4, -0.2) is 73.0 Å². The molecule has 0 aromatic rings. The average molecular weight is 283 g/mol. The zero-order chi connectivity index (χ0) is 7.72. The van der Waals surface area contributed by atoms with E-state index in [-0.39, 0.29) is 51.7 Å². The Labute approximate surface area is 108 Å². The second-order valence-corrected chi connectivity index (χ2v) is 2.16. The van der Waals surface area contributed by atoms with Gasteiger partial charge in [0.2, 0.25) is 0 Å². The molecule has 1 fully saturated rings. The standard InChI is InChI=1S/C6H8O4.Ba.2H/c1-3-5(7)10-4(2)6(8)9-3;;;/h3-4H,1-2H3;;;/q;+2;2*-1. The van der Waals surface area contributed by atoms with Gasteiger partial charge in [-0.15, -0.1) is 0 Å². The molecular weight excluding hydrogens is 273 g/mol. The number of carbonyl (C=O) groups excluding carboxylic acids is 2. The molecule has 1 rings (SSSR count). The summed E-state index contributed by atoms with van der Waals surface area (Å²) in [6, 6.07) is 0. The first-order chi connectivity index (χ1) is 4.61. The van der Waals surface area contributed by atoms with Crippen molar-refractivity contribution in [2.24, 2.45) is 0 Å². The van der Waals surface area contributed by atoms with Gasteiger partial charge in [-0.25, -0.2) is 9.59 Å². The molecule has 1 saturated heterocycles. The number of cyclic esters (lactones) is 2. The van der Waals surface area contributed by atoms with Crippen LogP contribution in [0.3, 0.4) is 0 Å². The van der Waals surface area contributed by atoms with Crippen LogP contribution in [0, 0.1) is 0 Å². The van der Waals surface area contributed by atoms with Crippen LogP contribution in [0.2, 0.25) is 0 Å². The van der Waals surface area contributed by atoms with Crippen molar-refractivity contribution in [3.8, 4) is 0 Å². The Morgan fingerprint density at radius 1 is 1.09 bits per heavy atom. The third-order valence-corrected chi connectivity index (χ3v) is 1.25. The van der Waals surface area contributed by atoms with Gasteiger partial charge in [0, 0.05) is 0 Å². The van der Waals surface area contributed by atoms with E-state index < -0.39 is 24.1 Å². The van der Waals surface area contributed by atoms with Gasteiger partial charge < -0.3 is 12.3 Å². The largest absolute Gasteiger partial charge is 2.00 e. The molecule has 0 amide bonds. The summed E-state index contributed by atoms with van der Waals surface area (Å²) in [5, 5.41) is 0. The molecule has 0 aliphatic carbocycles. The van der Waals surface area contributed by atoms with Gasteiger partial charge >= 0.3 is 60.8 Å². The minimum absolute atomic E-state index is 0. The Balaban J connectivity index is -0.000000333. The Hall–Kier alpha value is 0.511. The fourth-order valence-corrected chi connectivity index (χ4v) is 0.636. The van der Waals surface area contributed by atoms with Crippen molar-refractivity contribution in [2.75, 3.05) is 0 Å². The fraction of sp³-hybridized carbons (Fsp3) is 0.667. The van der Waals surface area contributed by atoms with Gasteiger partial charge in [-0.05, 0) is 13.8 Å². The smallest absolute Gasteiger partial charge is 1.00 e. The number of hydrogen-bond acceptors (Lipinski definition) is 4. The number of esters is 2. The summed E-state index contributed by atoms with van der Waals surface area (Å²) in [7, 11) is 0. The number of carbonyl (C=O) groups is 2. The molecule has 11 heavy (non-hydrogen) atoms. The normalized spacial score (nSPS) is 30.0. The van der Waals surface area contributed by atoms with E-state index in [2.05, 4.69) is 9.47 Å². The molecule has 0 spiro atoms. The fourth-order valence-electron chi connectivity index (χ4n) is 0.636. The molecule has 2 atom stereocenters. The van der Waals surface area contributed by atoms with Crippen molar-refractivity contribution < 1.29 is 21.9 Å². The van der Waals surface area contributed by atoms with E-state index in [9.17, 15) is 9.59 Å². The molecule has 1 heterocycles. The Morgan fingerprint density at radius 3 is 1.64 bits per heavy atom. The van der Waals surface area contributed by atoms with Crippen LogP contribution in [0.15, 0.2) is 0 Å². The molecule has 0 N–H and O–H groups in total. The van der Waals surface area contributed by atoms with Gasteiger partial charge in [0.05, 0.1) is 0 Å². The summed E-state index contributed by atoms with van der Waals surface area (Å²) in [6.45, 7) is 2.96. The first kappa shape index (κ1) is 11.5. The van der Waals surface area contributed by atoms with E-state index in [4.69, 9.17) is 0 Å². The zero-order valence-electron chi connectivity index (χ0n) is 8.49. The third kappa shape index (κ3) is 2.79. The van der Waals surface area contributed by atoms with E-state index in [0.29, 0.717) is 0 Å². The van der Waals surface area contributed by atoms with Crippen LogP contribution in [0.25, 0.3) is 0 Å². The molecule has 0 saturated carbocycles. The van der Waals surface area contributed by atoms with Crippen molar-refractivity contribution in [2.45, 2.75) is 26.1 Å². The maximum Gasteiger partial charge on any atom is 2.00 e. The molecule has 0 radical (unpaired) electrons. The molecule has 5 heteroatoms. The van der Waals surface area contributed by atoms with E-state index in [1.807, 2.05) is 0 Å². The second kappa shape index (κ2) is 4.52. The van der Waals surface area contributed by atoms with E-state index >= 15 is 0 Å². The van der Waals surface area contributed by atoms with Gasteiger partial charge in [-0.1, -0.05) is 0 Å². The molecule has 0 bridgehead atoms. The molecular formula is C6H10BaO4. The van der Waals surface area contributed by atoms with Crippen LogP contribution >= 0.6 is 0 Å². The monoisotopic (exact) mass is 284 g/mol. The topological polar surface area (TPSA) is 52.6 Å². The molecule has 1 aliphatic rings. The van der Waals surface area contributed by atoms with E-state index in [1.165, 1.54) is 13.8 Å². The first-order valence-corrected chi connectivity index (χ1v) is 3.02. The van der Waals surface area contributed by atoms with Gasteiger partial charge in [-0.2, -0.15) is 0 Å². The third-order valence-electron chi connectivity index (χ3n) is 1.25. The summed E-state index contributed by atoms with van der Waals surface area (Å²) in [5.74, 6) is -0.959. The molecule has 60 valence electrons. The molecule has 1 aliphatic heterocycles. The van der Waals surface area contributed by atoms with Crippen molar-refractivity contribution in [3.05, 3.63) is 0 Å². The van der Waals surface area contributed by atoms with E-state index in [0.717, 1.165) is 0 Å². The maximum atomic E-state index is 10.7. The van der Waals surface area contributed by atoms with Gasteiger partial charge in [0.1, 0.15) is 0 Å². The van der Waals surface area contributed by atoms with Crippen LogP contribution < -0.4 is 0 Å². The van der Waals surface area contributed by atoms with Crippen LogP contribution in [0.4, 0.5) is 0 Å². The summed E-state index contributed by atoms with van der Waals surface area (Å²) in [6.07, 6.45) is -1.49. The summed E-state index contributed by atoms with van der Waals surface area (Å²) in [5.41, 5.74) is 0. The summed E-state index contributed by atoms with van der Waals surface area (Å²) < 4.78 is 9.19. The molecule has 4 nitrogen and oxygen atoms in total. The summed E-state index contributed by atoms with van der Waals surface area (Å²) >= 11 is 0. The predicted octanol–water partition coefficient (Wildman–Crippen LogP) is -0.292. The summed E-state index contributed by atoms with van der Waals surface area (Å²) in [4.78, 5) is 21.3. The average Bonchev–Trinajstić information content (AvgIpc) is 1.84. The Kier molecular flexibility index (Phi) is 4.73. The first-order valence-electron chi connectivity index (χ1n) is 3.02. The Bertz CT molecular complexity index is 167. The van der Waals surface area contributed by atoms with Gasteiger partial charge in [-0.3, -0.25) is 0 Å². The molecule has 2 unspecified atom stereocenters. The number of rotatable bonds is 0. The quantitative estimate of drug-likeness (QED) is 0.453. The van der Waals surface area contributed by atoms with E-state index in [1.54, 1.807) is 0 Å².